The number of para-hydroxylation sites is 1. The van der Waals surface area contributed by atoms with Crippen molar-refractivity contribution in [2.24, 2.45) is 4.99 Å². The zero-order valence-electron chi connectivity index (χ0n) is 20.4. The van der Waals surface area contributed by atoms with E-state index in [2.05, 4.69) is 20.9 Å². The van der Waals surface area contributed by atoms with Gasteiger partial charge >= 0.3 is 5.97 Å². The van der Waals surface area contributed by atoms with E-state index in [1.807, 2.05) is 79.7 Å². The summed E-state index contributed by atoms with van der Waals surface area (Å²) in [6.45, 7) is 4.65. The topological polar surface area (TPSA) is 77.4 Å². The molecule has 3 aromatic carbocycles. The fourth-order valence-corrected chi connectivity index (χ4v) is 5.18. The van der Waals surface area contributed by atoms with Crippen LogP contribution in [0.3, 0.4) is 0 Å². The van der Waals surface area contributed by atoms with Crippen molar-refractivity contribution in [3.05, 3.63) is 105 Å². The molecule has 37 heavy (non-hydrogen) atoms. The quantitative estimate of drug-likeness (QED) is 0.263. The van der Waals surface area contributed by atoms with E-state index in [1.165, 1.54) is 11.8 Å². The van der Waals surface area contributed by atoms with Crippen LogP contribution in [0.2, 0.25) is 0 Å². The van der Waals surface area contributed by atoms with Gasteiger partial charge in [-0.25, -0.2) is 9.79 Å². The smallest absolute Gasteiger partial charge is 0.344 e. The third-order valence-electron chi connectivity index (χ3n) is 5.21. The summed E-state index contributed by atoms with van der Waals surface area (Å²) in [5, 5.41) is 11.4. The molecule has 0 fully saturated rings. The van der Waals surface area contributed by atoms with Crippen molar-refractivity contribution < 1.29 is 24.1 Å². The summed E-state index contributed by atoms with van der Waals surface area (Å²) >= 11 is 4.81. The van der Waals surface area contributed by atoms with Gasteiger partial charge in [-0.2, -0.15) is 0 Å². The van der Waals surface area contributed by atoms with Crippen molar-refractivity contribution in [2.45, 2.75) is 20.5 Å². The highest BCUT2D eigenvalue weighted by Crippen LogP contribution is 2.42. The molecule has 8 heteroatoms. The Hall–Kier alpha value is -3.49. The summed E-state index contributed by atoms with van der Waals surface area (Å²) in [6.07, 6.45) is 1.78. The lowest BCUT2D eigenvalue weighted by Gasteiger charge is -2.15. The molecular weight excluding hydrogens is 554 g/mol. The first-order valence-electron chi connectivity index (χ1n) is 11.8. The summed E-state index contributed by atoms with van der Waals surface area (Å²) in [5.74, 6) is 0.364. The normalized spacial score (nSPS) is 15.3. The lowest BCUT2D eigenvalue weighted by molar-refractivity contribution is -0.138. The van der Waals surface area contributed by atoms with Crippen molar-refractivity contribution in [2.75, 3.05) is 13.2 Å². The van der Waals surface area contributed by atoms with E-state index in [4.69, 9.17) is 14.2 Å². The maximum absolute atomic E-state index is 12.7. The van der Waals surface area contributed by atoms with Gasteiger partial charge in [0.25, 0.3) is 0 Å². The van der Waals surface area contributed by atoms with Gasteiger partial charge in [-0.1, -0.05) is 60.3 Å². The molecule has 0 radical (unpaired) electrons. The van der Waals surface area contributed by atoms with Gasteiger partial charge in [0.1, 0.15) is 23.0 Å². The first-order valence-corrected chi connectivity index (χ1v) is 13.4. The van der Waals surface area contributed by atoms with E-state index in [0.717, 1.165) is 11.1 Å². The predicted octanol–water partition coefficient (Wildman–Crippen LogP) is 7.62. The standard InChI is InChI=1S/C29H26BrNO5S/c1-3-34-23-16-20(15-22(30)27(23)36-18-19-11-7-5-8-12-19)17-24-26(32)25(29(33)35-4-2)28(37-24)31-21-13-9-6-10-14-21/h5-17,32H,3-4,18H2,1-2H3/b24-17-,31-28?. The van der Waals surface area contributed by atoms with Gasteiger partial charge in [0, 0.05) is 0 Å². The van der Waals surface area contributed by atoms with Gasteiger partial charge in [-0.15, -0.1) is 0 Å². The van der Waals surface area contributed by atoms with Gasteiger partial charge in [0.2, 0.25) is 0 Å². The highest BCUT2D eigenvalue weighted by Gasteiger charge is 2.33. The first-order chi connectivity index (χ1) is 18.0. The number of thioether (sulfide) groups is 1. The Morgan fingerprint density at radius 2 is 1.70 bits per heavy atom. The molecule has 4 rings (SSSR count). The van der Waals surface area contributed by atoms with Crippen molar-refractivity contribution in [3.63, 3.8) is 0 Å². The van der Waals surface area contributed by atoms with Crippen LogP contribution in [-0.4, -0.2) is 29.3 Å². The molecule has 1 N–H and O–H groups in total. The Balaban J connectivity index is 1.68. The van der Waals surface area contributed by atoms with Crippen LogP contribution in [-0.2, 0) is 16.1 Å². The van der Waals surface area contributed by atoms with Crippen LogP contribution in [0, 0.1) is 0 Å². The van der Waals surface area contributed by atoms with Gasteiger partial charge < -0.3 is 19.3 Å². The van der Waals surface area contributed by atoms with Crippen LogP contribution >= 0.6 is 27.7 Å². The Morgan fingerprint density at radius 1 is 1.00 bits per heavy atom. The van der Waals surface area contributed by atoms with Crippen molar-refractivity contribution in [1.29, 1.82) is 0 Å². The average Bonchev–Trinajstić information content (AvgIpc) is 3.19. The molecule has 0 atom stereocenters. The maximum atomic E-state index is 12.7. The minimum Gasteiger partial charge on any atom is -0.506 e. The van der Waals surface area contributed by atoms with Crippen molar-refractivity contribution in [1.82, 2.24) is 0 Å². The number of aliphatic imine (C=N–C) groups is 1. The maximum Gasteiger partial charge on any atom is 0.344 e. The molecular formula is C29H26BrNO5S. The Kier molecular flexibility index (Phi) is 9.09. The lowest BCUT2D eigenvalue weighted by atomic mass is 10.1. The van der Waals surface area contributed by atoms with E-state index in [0.29, 0.717) is 44.8 Å². The number of rotatable bonds is 9. The number of ether oxygens (including phenoxy) is 3. The minimum atomic E-state index is -0.619. The highest BCUT2D eigenvalue weighted by molar-refractivity contribution is 9.10. The fraction of sp³-hybridized carbons (Fsp3) is 0.172. The second kappa shape index (κ2) is 12.7. The number of benzene rings is 3. The molecule has 0 spiro atoms. The van der Waals surface area contributed by atoms with Crippen LogP contribution < -0.4 is 9.47 Å². The van der Waals surface area contributed by atoms with Crippen molar-refractivity contribution in [3.8, 4) is 11.5 Å². The van der Waals surface area contributed by atoms with E-state index < -0.39 is 5.97 Å². The second-order valence-electron chi connectivity index (χ2n) is 7.84. The first kappa shape index (κ1) is 26.6. The Bertz CT molecular complexity index is 1350. The molecule has 1 aliphatic rings. The van der Waals surface area contributed by atoms with Crippen LogP contribution in [0.4, 0.5) is 5.69 Å². The Morgan fingerprint density at radius 3 is 2.38 bits per heavy atom. The minimum absolute atomic E-state index is 0.0499. The van der Waals surface area contributed by atoms with Crippen LogP contribution in [0.25, 0.3) is 6.08 Å². The molecule has 0 saturated carbocycles. The summed E-state index contributed by atoms with van der Waals surface area (Å²) in [7, 11) is 0. The molecule has 3 aromatic rings. The number of halogens is 1. The number of carbonyl (C=O) groups is 1. The average molecular weight is 581 g/mol. The summed E-state index contributed by atoms with van der Waals surface area (Å²) in [5.41, 5.74) is 2.51. The Labute approximate surface area is 228 Å². The predicted molar refractivity (Wildman–Crippen MR) is 151 cm³/mol. The van der Waals surface area contributed by atoms with Crippen LogP contribution in [0.5, 0.6) is 11.5 Å². The highest BCUT2D eigenvalue weighted by atomic mass is 79.9. The monoisotopic (exact) mass is 579 g/mol. The van der Waals surface area contributed by atoms with Gasteiger partial charge in [0.15, 0.2) is 11.5 Å². The number of aliphatic hydroxyl groups excluding tert-OH is 1. The second-order valence-corrected chi connectivity index (χ2v) is 9.73. The number of nitrogens with zero attached hydrogens (tertiary/aromatic N) is 1. The zero-order chi connectivity index (χ0) is 26.2. The number of esters is 1. The molecule has 6 nitrogen and oxygen atoms in total. The largest absolute Gasteiger partial charge is 0.506 e. The number of carbonyl (C=O) groups excluding carboxylic acids is 1. The lowest BCUT2D eigenvalue weighted by Crippen LogP contribution is -2.12. The van der Waals surface area contributed by atoms with Crippen molar-refractivity contribution >= 4 is 50.5 Å². The molecule has 0 bridgehead atoms. The summed E-state index contributed by atoms with van der Waals surface area (Å²) < 4.78 is 17.8. The molecule has 1 heterocycles. The fourth-order valence-electron chi connectivity index (χ4n) is 3.57. The number of aliphatic hydroxyl groups is 1. The molecule has 1 aliphatic heterocycles. The van der Waals surface area contributed by atoms with Gasteiger partial charge in [0.05, 0.1) is 28.3 Å². The summed E-state index contributed by atoms with van der Waals surface area (Å²) in [6, 6.07) is 22.9. The molecule has 0 amide bonds. The summed E-state index contributed by atoms with van der Waals surface area (Å²) in [4.78, 5) is 17.7. The third kappa shape index (κ3) is 6.64. The van der Waals surface area contributed by atoms with E-state index in [-0.39, 0.29) is 17.9 Å². The van der Waals surface area contributed by atoms with Crippen LogP contribution in [0.1, 0.15) is 25.0 Å². The number of hydrogen-bond donors (Lipinski definition) is 1. The van der Waals surface area contributed by atoms with E-state index >= 15 is 0 Å². The molecule has 0 saturated heterocycles. The zero-order valence-corrected chi connectivity index (χ0v) is 22.8. The number of hydrogen-bond acceptors (Lipinski definition) is 7. The third-order valence-corrected chi connectivity index (χ3v) is 6.82. The van der Waals surface area contributed by atoms with E-state index in [1.54, 1.807) is 13.0 Å². The SMILES string of the molecule is CCOC(=O)C1=C(O)/C(=C/c2cc(Br)c(OCc3ccccc3)c(OCC)c2)SC1=Nc1ccccc1. The van der Waals surface area contributed by atoms with E-state index in [9.17, 15) is 9.90 Å². The van der Waals surface area contributed by atoms with Crippen LogP contribution in [0.15, 0.2) is 98.5 Å². The van der Waals surface area contributed by atoms with Gasteiger partial charge in [-0.05, 0) is 71.2 Å². The molecule has 0 unspecified atom stereocenters. The van der Waals surface area contributed by atoms with Gasteiger partial charge in [-0.3, -0.25) is 0 Å². The molecule has 0 aliphatic carbocycles. The molecule has 0 aromatic heterocycles. The molecule has 190 valence electrons.